The van der Waals surface area contributed by atoms with E-state index < -0.39 is 17.2 Å². The Morgan fingerprint density at radius 3 is 2.67 bits per heavy atom. The van der Waals surface area contributed by atoms with Gasteiger partial charge in [-0.25, -0.2) is 9.78 Å². The van der Waals surface area contributed by atoms with Crippen molar-refractivity contribution in [3.63, 3.8) is 0 Å². The first kappa shape index (κ1) is 18.5. The fourth-order valence-electron chi connectivity index (χ4n) is 2.09. The van der Waals surface area contributed by atoms with E-state index in [0.29, 0.717) is 21.9 Å². The minimum Gasteiger partial charge on any atom is -0.338 e. The number of imide groups is 1. The fourth-order valence-corrected chi connectivity index (χ4v) is 4.04. The highest BCUT2D eigenvalue weighted by atomic mass is 32.2. The molecule has 7 nitrogen and oxygen atoms in total. The number of aryl methyl sites for hydroxylation is 2. The van der Waals surface area contributed by atoms with Crippen molar-refractivity contribution in [3.05, 3.63) is 20.8 Å². The predicted octanol–water partition coefficient (Wildman–Crippen LogP) is 1.94. The summed E-state index contributed by atoms with van der Waals surface area (Å²) in [5.41, 5.74) is 0.822. The number of thioether (sulfide) groups is 1. The van der Waals surface area contributed by atoms with E-state index in [1.807, 2.05) is 13.8 Å². The SMILES string of the molecule is CCNC(=O)NC(=O)C(C)Sc1nc2sc(C)c(C)c2c(=O)n1C. The molecule has 2 rings (SSSR count). The number of carbonyl (C=O) groups excluding carboxylic acids is 2. The minimum absolute atomic E-state index is 0.124. The molecule has 0 spiro atoms. The summed E-state index contributed by atoms with van der Waals surface area (Å²) in [7, 11) is 1.64. The van der Waals surface area contributed by atoms with E-state index in [0.717, 1.165) is 22.2 Å². The Balaban J connectivity index is 2.27. The smallest absolute Gasteiger partial charge is 0.321 e. The molecule has 24 heavy (non-hydrogen) atoms. The zero-order chi connectivity index (χ0) is 18.0. The van der Waals surface area contributed by atoms with Crippen LogP contribution in [0.4, 0.5) is 4.79 Å². The molecule has 2 N–H and O–H groups in total. The van der Waals surface area contributed by atoms with Gasteiger partial charge in [0, 0.05) is 18.5 Å². The van der Waals surface area contributed by atoms with Crippen molar-refractivity contribution < 1.29 is 9.59 Å². The van der Waals surface area contributed by atoms with E-state index in [9.17, 15) is 14.4 Å². The van der Waals surface area contributed by atoms with Crippen LogP contribution in [0.5, 0.6) is 0 Å². The van der Waals surface area contributed by atoms with E-state index in [1.54, 1.807) is 20.9 Å². The molecule has 0 bridgehead atoms. The quantitative estimate of drug-likeness (QED) is 0.635. The summed E-state index contributed by atoms with van der Waals surface area (Å²) < 4.78 is 1.45. The number of fused-ring (bicyclic) bond motifs is 1. The predicted molar refractivity (Wildman–Crippen MR) is 96.9 cm³/mol. The summed E-state index contributed by atoms with van der Waals surface area (Å²) in [6, 6.07) is -0.531. The molecule has 1 atom stereocenters. The molecule has 0 saturated carbocycles. The van der Waals surface area contributed by atoms with Gasteiger partial charge in [0.1, 0.15) is 4.83 Å². The Kier molecular flexibility index (Phi) is 5.66. The molecule has 3 amide bonds. The van der Waals surface area contributed by atoms with Gasteiger partial charge in [-0.15, -0.1) is 11.3 Å². The number of thiophene rings is 1. The summed E-state index contributed by atoms with van der Waals surface area (Å²) in [6.07, 6.45) is 0. The average molecular weight is 368 g/mol. The number of amides is 3. The first-order valence-electron chi connectivity index (χ1n) is 7.48. The monoisotopic (exact) mass is 368 g/mol. The third-order valence-corrected chi connectivity index (χ3v) is 5.84. The molecule has 0 aliphatic rings. The maximum absolute atomic E-state index is 12.5. The van der Waals surface area contributed by atoms with E-state index >= 15 is 0 Å². The van der Waals surface area contributed by atoms with Crippen molar-refractivity contribution in [3.8, 4) is 0 Å². The second kappa shape index (κ2) is 7.35. The third kappa shape index (κ3) is 3.62. The molecule has 2 aromatic rings. The molecule has 0 aliphatic heterocycles. The van der Waals surface area contributed by atoms with Crippen LogP contribution in [0.2, 0.25) is 0 Å². The summed E-state index contributed by atoms with van der Waals surface area (Å²) in [6.45, 7) is 7.73. The number of aromatic nitrogens is 2. The first-order chi connectivity index (χ1) is 11.3. The second-order valence-corrected chi connectivity index (χ2v) is 7.84. The number of hydrogen-bond acceptors (Lipinski definition) is 6. The van der Waals surface area contributed by atoms with Gasteiger partial charge in [0.15, 0.2) is 5.16 Å². The van der Waals surface area contributed by atoms with E-state index in [4.69, 9.17) is 0 Å². The van der Waals surface area contributed by atoms with Crippen LogP contribution in [0.25, 0.3) is 10.2 Å². The van der Waals surface area contributed by atoms with E-state index in [1.165, 1.54) is 15.9 Å². The van der Waals surface area contributed by atoms with Gasteiger partial charge in [-0.3, -0.25) is 19.5 Å². The van der Waals surface area contributed by atoms with Gasteiger partial charge in [-0.1, -0.05) is 11.8 Å². The van der Waals surface area contributed by atoms with Crippen LogP contribution in [0, 0.1) is 13.8 Å². The Labute approximate surface area is 147 Å². The number of rotatable bonds is 4. The second-order valence-electron chi connectivity index (χ2n) is 5.33. The van der Waals surface area contributed by atoms with Crippen LogP contribution in [-0.2, 0) is 11.8 Å². The molecule has 0 saturated heterocycles. The first-order valence-corrected chi connectivity index (χ1v) is 9.17. The summed E-state index contributed by atoms with van der Waals surface area (Å²) in [5, 5.41) is 5.28. The Hall–Kier alpha value is -1.87. The van der Waals surface area contributed by atoms with Crippen LogP contribution >= 0.6 is 23.1 Å². The maximum atomic E-state index is 12.5. The standard InChI is InChI=1S/C15H20N4O3S2/c1-6-16-14(22)17-11(20)9(4)24-15-18-12-10(13(21)19(15)5)7(2)8(3)23-12/h9H,6H2,1-5H3,(H2,16,17,20,22). The number of nitrogens with zero attached hydrogens (tertiary/aromatic N) is 2. The lowest BCUT2D eigenvalue weighted by atomic mass is 10.2. The topological polar surface area (TPSA) is 93.1 Å². The Bertz CT molecular complexity index is 857. The van der Waals surface area contributed by atoms with Crippen molar-refractivity contribution in [2.45, 2.75) is 38.1 Å². The van der Waals surface area contributed by atoms with Crippen molar-refractivity contribution in [1.82, 2.24) is 20.2 Å². The highest BCUT2D eigenvalue weighted by Gasteiger charge is 2.21. The van der Waals surface area contributed by atoms with Crippen molar-refractivity contribution in [1.29, 1.82) is 0 Å². The fraction of sp³-hybridized carbons (Fsp3) is 0.467. The number of urea groups is 1. The number of nitrogens with one attached hydrogen (secondary N) is 2. The summed E-state index contributed by atoms with van der Waals surface area (Å²) >= 11 is 2.62. The van der Waals surface area contributed by atoms with Crippen LogP contribution in [-0.4, -0.2) is 33.3 Å². The highest BCUT2D eigenvalue weighted by molar-refractivity contribution is 8.00. The van der Waals surface area contributed by atoms with Crippen molar-refractivity contribution in [2.24, 2.45) is 7.05 Å². The van der Waals surface area contributed by atoms with Gasteiger partial charge in [0.25, 0.3) is 5.56 Å². The largest absolute Gasteiger partial charge is 0.338 e. The summed E-state index contributed by atoms with van der Waals surface area (Å²) in [4.78, 5) is 42.3. The molecule has 9 heteroatoms. The lowest BCUT2D eigenvalue weighted by Crippen LogP contribution is -2.42. The Morgan fingerprint density at radius 1 is 1.38 bits per heavy atom. The zero-order valence-electron chi connectivity index (χ0n) is 14.2. The Morgan fingerprint density at radius 2 is 2.04 bits per heavy atom. The molecule has 0 radical (unpaired) electrons. The molecule has 0 fully saturated rings. The molecule has 2 aromatic heterocycles. The van der Waals surface area contributed by atoms with Crippen LogP contribution in [0.1, 0.15) is 24.3 Å². The molecule has 2 heterocycles. The van der Waals surface area contributed by atoms with Gasteiger partial charge in [0.2, 0.25) is 5.91 Å². The molecule has 0 aliphatic carbocycles. The molecular formula is C15H20N4O3S2. The van der Waals surface area contributed by atoms with Gasteiger partial charge in [-0.2, -0.15) is 0 Å². The van der Waals surface area contributed by atoms with Crippen LogP contribution < -0.4 is 16.2 Å². The average Bonchev–Trinajstić information content (AvgIpc) is 2.79. The minimum atomic E-state index is -0.565. The van der Waals surface area contributed by atoms with Crippen LogP contribution in [0.15, 0.2) is 9.95 Å². The normalized spacial score (nSPS) is 12.2. The number of carbonyl (C=O) groups is 2. The number of hydrogen-bond donors (Lipinski definition) is 2. The highest BCUT2D eigenvalue weighted by Crippen LogP contribution is 2.29. The van der Waals surface area contributed by atoms with Crippen molar-refractivity contribution >= 4 is 45.3 Å². The lowest BCUT2D eigenvalue weighted by Gasteiger charge is -2.13. The maximum Gasteiger partial charge on any atom is 0.321 e. The van der Waals surface area contributed by atoms with Crippen LogP contribution in [0.3, 0.4) is 0 Å². The lowest BCUT2D eigenvalue weighted by molar-refractivity contribution is -0.119. The van der Waals surface area contributed by atoms with Gasteiger partial charge in [0.05, 0.1) is 10.6 Å². The van der Waals surface area contributed by atoms with Crippen molar-refractivity contribution in [2.75, 3.05) is 6.54 Å². The van der Waals surface area contributed by atoms with Gasteiger partial charge < -0.3 is 5.32 Å². The van der Waals surface area contributed by atoms with Gasteiger partial charge >= 0.3 is 6.03 Å². The molecular weight excluding hydrogens is 348 g/mol. The zero-order valence-corrected chi connectivity index (χ0v) is 15.9. The third-order valence-electron chi connectivity index (χ3n) is 3.59. The summed E-state index contributed by atoms with van der Waals surface area (Å²) in [5.74, 6) is -0.432. The van der Waals surface area contributed by atoms with E-state index in [2.05, 4.69) is 15.6 Å². The molecule has 130 valence electrons. The van der Waals surface area contributed by atoms with E-state index in [-0.39, 0.29) is 5.56 Å². The van der Waals surface area contributed by atoms with Gasteiger partial charge in [-0.05, 0) is 33.3 Å². The molecule has 0 aromatic carbocycles. The molecule has 1 unspecified atom stereocenters.